The van der Waals surface area contributed by atoms with Crippen molar-refractivity contribution in [1.29, 1.82) is 0 Å². The summed E-state index contributed by atoms with van der Waals surface area (Å²) in [5.74, 6) is 2.00. The van der Waals surface area contributed by atoms with Gasteiger partial charge in [-0.3, -0.25) is 4.79 Å². The highest BCUT2D eigenvalue weighted by Gasteiger charge is 2.56. The zero-order chi connectivity index (χ0) is 11.1. The van der Waals surface area contributed by atoms with Crippen LogP contribution in [0, 0.1) is 17.8 Å². The topological polar surface area (TPSA) is 50.4 Å². The first kappa shape index (κ1) is 10.5. The lowest BCUT2D eigenvalue weighted by Crippen LogP contribution is -2.44. The monoisotopic (exact) mass is 224 g/mol. The maximum atomic E-state index is 12.0. The number of hydrogen-bond acceptors (Lipinski definition) is 3. The first-order chi connectivity index (χ1) is 7.81. The number of rotatable bonds is 3. The molecule has 0 spiro atoms. The minimum atomic E-state index is 0.141. The number of ether oxygens (including phenoxy) is 1. The first-order valence-electron chi connectivity index (χ1n) is 6.35. The second kappa shape index (κ2) is 4.00. The molecule has 16 heavy (non-hydrogen) atoms. The highest BCUT2D eigenvalue weighted by atomic mass is 16.5. The van der Waals surface area contributed by atoms with Gasteiger partial charge in [-0.1, -0.05) is 6.42 Å². The highest BCUT2D eigenvalue weighted by Crippen LogP contribution is 2.57. The number of nitrogens with one attached hydrogen (secondary N) is 2. The molecule has 4 atom stereocenters. The SMILES string of the molecule is CO[C@H]1CNC[C@@H]1NC(=O)C1[C@@H]2CCC[C@@H]12. The van der Waals surface area contributed by atoms with E-state index in [-0.39, 0.29) is 18.1 Å². The molecule has 0 aromatic heterocycles. The molecule has 0 aromatic carbocycles. The fraction of sp³-hybridized carbons (Fsp3) is 0.917. The molecular formula is C12H20N2O2. The summed E-state index contributed by atoms with van der Waals surface area (Å²) in [4.78, 5) is 12.0. The molecule has 3 fully saturated rings. The van der Waals surface area contributed by atoms with Gasteiger partial charge in [-0.25, -0.2) is 0 Å². The molecule has 4 nitrogen and oxygen atoms in total. The van der Waals surface area contributed by atoms with Crippen molar-refractivity contribution in [3.8, 4) is 0 Å². The Labute approximate surface area is 96.1 Å². The Morgan fingerprint density at radius 1 is 1.31 bits per heavy atom. The van der Waals surface area contributed by atoms with E-state index in [1.807, 2.05) is 0 Å². The van der Waals surface area contributed by atoms with Crippen LogP contribution in [0.25, 0.3) is 0 Å². The maximum Gasteiger partial charge on any atom is 0.224 e. The normalized spacial score (nSPS) is 45.4. The van der Waals surface area contributed by atoms with E-state index < -0.39 is 0 Å². The lowest BCUT2D eigenvalue weighted by molar-refractivity contribution is -0.124. The molecule has 4 heteroatoms. The van der Waals surface area contributed by atoms with Crippen LogP contribution >= 0.6 is 0 Å². The van der Waals surface area contributed by atoms with Crippen LogP contribution in [0.4, 0.5) is 0 Å². The number of amides is 1. The lowest BCUT2D eigenvalue weighted by Gasteiger charge is -2.19. The molecule has 0 radical (unpaired) electrons. The second-order valence-electron chi connectivity index (χ2n) is 5.33. The van der Waals surface area contributed by atoms with Crippen LogP contribution in [-0.2, 0) is 9.53 Å². The van der Waals surface area contributed by atoms with Crippen LogP contribution in [0.2, 0.25) is 0 Å². The van der Waals surface area contributed by atoms with Gasteiger partial charge < -0.3 is 15.4 Å². The van der Waals surface area contributed by atoms with Gasteiger partial charge in [-0.2, -0.15) is 0 Å². The van der Waals surface area contributed by atoms with Crippen molar-refractivity contribution in [3.63, 3.8) is 0 Å². The summed E-state index contributed by atoms with van der Waals surface area (Å²) in [5.41, 5.74) is 0. The van der Waals surface area contributed by atoms with Crippen molar-refractivity contribution in [3.05, 3.63) is 0 Å². The average molecular weight is 224 g/mol. The number of methoxy groups -OCH3 is 1. The summed E-state index contributed by atoms with van der Waals surface area (Å²) in [7, 11) is 1.71. The molecule has 0 bridgehead atoms. The number of carbonyl (C=O) groups is 1. The van der Waals surface area contributed by atoms with Gasteiger partial charge in [-0.15, -0.1) is 0 Å². The zero-order valence-corrected chi connectivity index (χ0v) is 9.74. The molecule has 3 rings (SSSR count). The van der Waals surface area contributed by atoms with E-state index in [1.54, 1.807) is 7.11 Å². The Hall–Kier alpha value is -0.610. The summed E-state index contributed by atoms with van der Waals surface area (Å²) in [6.07, 6.45) is 3.99. The molecule has 90 valence electrons. The van der Waals surface area contributed by atoms with Crippen LogP contribution in [0.3, 0.4) is 0 Å². The molecule has 1 saturated heterocycles. The predicted molar refractivity (Wildman–Crippen MR) is 59.9 cm³/mol. The Bertz CT molecular complexity index is 285. The van der Waals surface area contributed by atoms with Crippen molar-refractivity contribution in [2.75, 3.05) is 20.2 Å². The first-order valence-corrected chi connectivity index (χ1v) is 6.35. The molecule has 0 unspecified atom stereocenters. The quantitative estimate of drug-likeness (QED) is 0.717. The van der Waals surface area contributed by atoms with Gasteiger partial charge in [0.1, 0.15) is 0 Å². The van der Waals surface area contributed by atoms with Crippen molar-refractivity contribution < 1.29 is 9.53 Å². The summed E-state index contributed by atoms with van der Waals surface area (Å²) in [5, 5.41) is 6.39. The van der Waals surface area contributed by atoms with E-state index in [0.717, 1.165) is 13.1 Å². The van der Waals surface area contributed by atoms with E-state index >= 15 is 0 Å². The molecule has 1 aliphatic heterocycles. The molecule has 0 aromatic rings. The molecule has 2 saturated carbocycles. The Morgan fingerprint density at radius 3 is 2.75 bits per heavy atom. The van der Waals surface area contributed by atoms with E-state index in [1.165, 1.54) is 19.3 Å². The van der Waals surface area contributed by atoms with Crippen LogP contribution in [0.15, 0.2) is 0 Å². The van der Waals surface area contributed by atoms with Gasteiger partial charge in [-0.05, 0) is 24.7 Å². The minimum Gasteiger partial charge on any atom is -0.378 e. The Kier molecular flexibility index (Phi) is 2.64. The molecular weight excluding hydrogens is 204 g/mol. The third-order valence-electron chi connectivity index (χ3n) is 4.50. The van der Waals surface area contributed by atoms with Gasteiger partial charge in [0.2, 0.25) is 5.91 Å². The number of hydrogen-bond donors (Lipinski definition) is 2. The van der Waals surface area contributed by atoms with Crippen molar-refractivity contribution in [2.24, 2.45) is 17.8 Å². The minimum absolute atomic E-state index is 0.141. The van der Waals surface area contributed by atoms with Gasteiger partial charge in [0, 0.05) is 26.1 Å². The number of fused-ring (bicyclic) bond motifs is 1. The largest absolute Gasteiger partial charge is 0.378 e. The van der Waals surface area contributed by atoms with Gasteiger partial charge >= 0.3 is 0 Å². The molecule has 1 amide bonds. The average Bonchev–Trinajstić information content (AvgIpc) is 2.71. The van der Waals surface area contributed by atoms with Crippen molar-refractivity contribution >= 4 is 5.91 Å². The Morgan fingerprint density at radius 2 is 2.06 bits per heavy atom. The van der Waals surface area contributed by atoms with E-state index in [0.29, 0.717) is 17.8 Å². The number of carbonyl (C=O) groups excluding carboxylic acids is 1. The molecule has 2 N–H and O–H groups in total. The van der Waals surface area contributed by atoms with Crippen LogP contribution in [0.1, 0.15) is 19.3 Å². The van der Waals surface area contributed by atoms with E-state index in [4.69, 9.17) is 4.74 Å². The predicted octanol–water partition coefficient (Wildman–Crippen LogP) is 0.135. The fourth-order valence-electron chi connectivity index (χ4n) is 3.54. The van der Waals surface area contributed by atoms with Crippen molar-refractivity contribution in [2.45, 2.75) is 31.4 Å². The third-order valence-corrected chi connectivity index (χ3v) is 4.50. The molecule has 1 heterocycles. The fourth-order valence-corrected chi connectivity index (χ4v) is 3.54. The highest BCUT2D eigenvalue weighted by molar-refractivity contribution is 5.82. The lowest BCUT2D eigenvalue weighted by atomic mass is 10.1. The third kappa shape index (κ3) is 1.64. The van der Waals surface area contributed by atoms with Crippen LogP contribution in [0.5, 0.6) is 0 Å². The Balaban J connectivity index is 1.53. The zero-order valence-electron chi connectivity index (χ0n) is 9.74. The van der Waals surface area contributed by atoms with Crippen LogP contribution < -0.4 is 10.6 Å². The van der Waals surface area contributed by atoms with Gasteiger partial charge in [0.05, 0.1) is 12.1 Å². The van der Waals surface area contributed by atoms with E-state index in [9.17, 15) is 4.79 Å². The van der Waals surface area contributed by atoms with Crippen molar-refractivity contribution in [1.82, 2.24) is 10.6 Å². The second-order valence-corrected chi connectivity index (χ2v) is 5.33. The summed E-state index contributed by atoms with van der Waals surface area (Å²) < 4.78 is 5.34. The standard InChI is InChI=1S/C12H20N2O2/c1-16-10-6-13-5-9(10)14-12(15)11-7-3-2-4-8(7)11/h7-11,13H,2-6H2,1H3,(H,14,15)/t7-,8-,9+,10+/m1/s1. The summed E-state index contributed by atoms with van der Waals surface area (Å²) >= 11 is 0. The molecule has 2 aliphatic carbocycles. The molecule has 3 aliphatic rings. The van der Waals surface area contributed by atoms with Gasteiger partial charge in [0.15, 0.2) is 0 Å². The summed E-state index contributed by atoms with van der Waals surface area (Å²) in [6.45, 7) is 1.69. The maximum absolute atomic E-state index is 12.0. The smallest absolute Gasteiger partial charge is 0.224 e. The van der Waals surface area contributed by atoms with Gasteiger partial charge in [0.25, 0.3) is 0 Å². The summed E-state index contributed by atoms with van der Waals surface area (Å²) in [6, 6.07) is 0.166. The van der Waals surface area contributed by atoms with Crippen LogP contribution in [-0.4, -0.2) is 38.3 Å². The van der Waals surface area contributed by atoms with E-state index in [2.05, 4.69) is 10.6 Å².